The first-order valence-electron chi connectivity index (χ1n) is 6.33. The molecule has 0 N–H and O–H groups in total. The quantitative estimate of drug-likeness (QED) is 0.780. The molecule has 0 unspecified atom stereocenters. The number of nitrogens with zero attached hydrogens (tertiary/aromatic N) is 1. The van der Waals surface area contributed by atoms with E-state index >= 15 is 0 Å². The zero-order valence-corrected chi connectivity index (χ0v) is 11.1. The maximum Gasteiger partial charge on any atom is 0.263 e. The van der Waals surface area contributed by atoms with Crippen molar-refractivity contribution in [1.82, 2.24) is 4.90 Å². The third kappa shape index (κ3) is 3.45. The Labute approximate surface area is 108 Å². The van der Waals surface area contributed by atoms with Crippen molar-refractivity contribution >= 4 is 5.91 Å². The number of para-hydroxylation sites is 1. The Kier molecular flexibility index (Phi) is 5.62. The van der Waals surface area contributed by atoms with E-state index in [1.807, 2.05) is 20.8 Å². The number of hydrogen-bond acceptors (Lipinski definition) is 2. The zero-order chi connectivity index (χ0) is 13.5. The molecule has 18 heavy (non-hydrogen) atoms. The smallest absolute Gasteiger partial charge is 0.263 e. The predicted octanol–water partition coefficient (Wildman–Crippen LogP) is 2.85. The fourth-order valence-electron chi connectivity index (χ4n) is 1.74. The number of rotatable bonds is 6. The molecule has 0 saturated carbocycles. The maximum absolute atomic E-state index is 13.5. The van der Waals surface area contributed by atoms with Crippen LogP contribution in [0.4, 0.5) is 4.39 Å². The van der Waals surface area contributed by atoms with Gasteiger partial charge < -0.3 is 9.64 Å². The average Bonchev–Trinajstić information content (AvgIpc) is 2.39. The number of carbonyl (C=O) groups excluding carboxylic acids is 1. The number of carbonyl (C=O) groups is 1. The summed E-state index contributed by atoms with van der Waals surface area (Å²) in [7, 11) is 0. The highest BCUT2D eigenvalue weighted by Crippen LogP contribution is 2.18. The van der Waals surface area contributed by atoms with Crippen molar-refractivity contribution in [1.29, 1.82) is 0 Å². The SMILES string of the molecule is CC[C@H](Oc1ccccc1F)C(=O)N(CC)CC. The van der Waals surface area contributed by atoms with Crippen LogP contribution in [-0.4, -0.2) is 30.0 Å². The van der Waals surface area contributed by atoms with E-state index in [0.29, 0.717) is 19.5 Å². The van der Waals surface area contributed by atoms with E-state index in [-0.39, 0.29) is 11.7 Å². The first-order valence-corrected chi connectivity index (χ1v) is 6.33. The van der Waals surface area contributed by atoms with Crippen LogP contribution >= 0.6 is 0 Å². The van der Waals surface area contributed by atoms with Crippen molar-refractivity contribution < 1.29 is 13.9 Å². The highest BCUT2D eigenvalue weighted by Gasteiger charge is 2.23. The van der Waals surface area contributed by atoms with Gasteiger partial charge in [0.1, 0.15) is 0 Å². The van der Waals surface area contributed by atoms with Crippen LogP contribution in [0, 0.1) is 5.82 Å². The van der Waals surface area contributed by atoms with E-state index in [0.717, 1.165) is 0 Å². The molecular weight excluding hydrogens is 233 g/mol. The first kappa shape index (κ1) is 14.5. The van der Waals surface area contributed by atoms with E-state index in [1.54, 1.807) is 17.0 Å². The molecular formula is C14H20FNO2. The molecule has 0 aliphatic carbocycles. The Balaban J connectivity index is 2.79. The molecule has 1 amide bonds. The van der Waals surface area contributed by atoms with Crippen LogP contribution < -0.4 is 4.74 Å². The molecule has 0 aliphatic rings. The van der Waals surface area contributed by atoms with E-state index < -0.39 is 11.9 Å². The highest BCUT2D eigenvalue weighted by atomic mass is 19.1. The second-order valence-corrected chi connectivity index (χ2v) is 3.96. The molecule has 0 saturated heterocycles. The van der Waals surface area contributed by atoms with Gasteiger partial charge in [0, 0.05) is 13.1 Å². The molecule has 100 valence electrons. The minimum atomic E-state index is -0.623. The second kappa shape index (κ2) is 6.99. The molecule has 0 aliphatic heterocycles. The maximum atomic E-state index is 13.5. The van der Waals surface area contributed by atoms with Crippen LogP contribution in [-0.2, 0) is 4.79 Å². The monoisotopic (exact) mass is 253 g/mol. The number of ether oxygens (including phenoxy) is 1. The number of amides is 1. The fourth-order valence-corrected chi connectivity index (χ4v) is 1.74. The van der Waals surface area contributed by atoms with Crippen LogP contribution in [0.1, 0.15) is 27.2 Å². The van der Waals surface area contributed by atoms with Gasteiger partial charge in [-0.3, -0.25) is 4.79 Å². The topological polar surface area (TPSA) is 29.5 Å². The van der Waals surface area contributed by atoms with Crippen molar-refractivity contribution in [2.24, 2.45) is 0 Å². The lowest BCUT2D eigenvalue weighted by atomic mass is 10.2. The first-order chi connectivity index (χ1) is 8.63. The van der Waals surface area contributed by atoms with Crippen LogP contribution in [0.15, 0.2) is 24.3 Å². The summed E-state index contributed by atoms with van der Waals surface area (Å²) in [5.41, 5.74) is 0. The summed E-state index contributed by atoms with van der Waals surface area (Å²) in [6.45, 7) is 6.94. The number of halogens is 1. The Morgan fingerprint density at radius 3 is 2.39 bits per heavy atom. The second-order valence-electron chi connectivity index (χ2n) is 3.96. The van der Waals surface area contributed by atoms with Crippen molar-refractivity contribution in [3.63, 3.8) is 0 Å². The van der Waals surface area contributed by atoms with Crippen LogP contribution in [0.3, 0.4) is 0 Å². The molecule has 0 spiro atoms. The van der Waals surface area contributed by atoms with Crippen LogP contribution in [0.25, 0.3) is 0 Å². The molecule has 1 aromatic rings. The van der Waals surface area contributed by atoms with E-state index in [9.17, 15) is 9.18 Å². The standard InChI is InChI=1S/C14H20FNO2/c1-4-12(14(17)16(5-2)6-3)18-13-10-8-7-9-11(13)15/h7-10,12H,4-6H2,1-3H3/t12-/m0/s1. The minimum absolute atomic E-state index is 0.0919. The molecule has 1 rings (SSSR count). The van der Waals surface area contributed by atoms with Crippen molar-refractivity contribution in [2.45, 2.75) is 33.3 Å². The average molecular weight is 253 g/mol. The molecule has 1 atom stereocenters. The lowest BCUT2D eigenvalue weighted by Gasteiger charge is -2.25. The molecule has 4 heteroatoms. The number of benzene rings is 1. The Morgan fingerprint density at radius 1 is 1.28 bits per heavy atom. The van der Waals surface area contributed by atoms with Crippen LogP contribution in [0.2, 0.25) is 0 Å². The number of hydrogen-bond donors (Lipinski definition) is 0. The molecule has 1 aromatic carbocycles. The lowest BCUT2D eigenvalue weighted by Crippen LogP contribution is -2.41. The van der Waals surface area contributed by atoms with Gasteiger partial charge in [-0.05, 0) is 32.4 Å². The van der Waals surface area contributed by atoms with Gasteiger partial charge in [-0.25, -0.2) is 4.39 Å². The predicted molar refractivity (Wildman–Crippen MR) is 69.0 cm³/mol. The molecule has 0 heterocycles. The largest absolute Gasteiger partial charge is 0.478 e. The summed E-state index contributed by atoms with van der Waals surface area (Å²) in [5, 5.41) is 0. The van der Waals surface area contributed by atoms with Gasteiger partial charge in [-0.2, -0.15) is 0 Å². The van der Waals surface area contributed by atoms with Gasteiger partial charge >= 0.3 is 0 Å². The molecule has 3 nitrogen and oxygen atoms in total. The highest BCUT2D eigenvalue weighted by molar-refractivity contribution is 5.81. The number of likely N-dealkylation sites (N-methyl/N-ethyl adjacent to an activating group) is 1. The van der Waals surface area contributed by atoms with E-state index in [1.165, 1.54) is 12.1 Å². The Hall–Kier alpha value is -1.58. The van der Waals surface area contributed by atoms with Crippen molar-refractivity contribution in [3.8, 4) is 5.75 Å². The Bertz CT molecular complexity index is 391. The third-order valence-corrected chi connectivity index (χ3v) is 2.83. The normalized spacial score (nSPS) is 12.0. The third-order valence-electron chi connectivity index (χ3n) is 2.83. The summed E-state index contributed by atoms with van der Waals surface area (Å²) in [6.07, 6.45) is -0.106. The van der Waals surface area contributed by atoms with Gasteiger partial charge in [0.05, 0.1) is 0 Å². The lowest BCUT2D eigenvalue weighted by molar-refractivity contribution is -0.138. The van der Waals surface area contributed by atoms with Crippen molar-refractivity contribution in [2.75, 3.05) is 13.1 Å². The van der Waals surface area contributed by atoms with Crippen LogP contribution in [0.5, 0.6) is 5.75 Å². The van der Waals surface area contributed by atoms with Gasteiger partial charge in [0.2, 0.25) is 0 Å². The fraction of sp³-hybridized carbons (Fsp3) is 0.500. The summed E-state index contributed by atoms with van der Waals surface area (Å²) in [6, 6.07) is 6.14. The molecule has 0 bridgehead atoms. The summed E-state index contributed by atoms with van der Waals surface area (Å²) in [4.78, 5) is 13.8. The van der Waals surface area contributed by atoms with Gasteiger partial charge in [-0.1, -0.05) is 19.1 Å². The summed E-state index contributed by atoms with van der Waals surface area (Å²) >= 11 is 0. The summed E-state index contributed by atoms with van der Waals surface area (Å²) in [5.74, 6) is -0.404. The van der Waals surface area contributed by atoms with E-state index in [2.05, 4.69) is 0 Å². The zero-order valence-electron chi connectivity index (χ0n) is 11.1. The minimum Gasteiger partial charge on any atom is -0.478 e. The Morgan fingerprint density at radius 2 is 1.89 bits per heavy atom. The summed E-state index contributed by atoms with van der Waals surface area (Å²) < 4.78 is 18.9. The molecule has 0 fully saturated rings. The van der Waals surface area contributed by atoms with E-state index in [4.69, 9.17) is 4.74 Å². The molecule has 0 radical (unpaired) electrons. The van der Waals surface area contributed by atoms with Gasteiger partial charge in [-0.15, -0.1) is 0 Å². The van der Waals surface area contributed by atoms with Gasteiger partial charge in [0.15, 0.2) is 17.7 Å². The van der Waals surface area contributed by atoms with Gasteiger partial charge in [0.25, 0.3) is 5.91 Å². The molecule has 0 aromatic heterocycles. The van der Waals surface area contributed by atoms with Crippen molar-refractivity contribution in [3.05, 3.63) is 30.1 Å².